The number of para-hydroxylation sites is 1. The van der Waals surface area contributed by atoms with Crippen LogP contribution in [0.4, 0.5) is 10.1 Å². The van der Waals surface area contributed by atoms with Crippen LogP contribution in [0.15, 0.2) is 71.8 Å². The molecule has 2 unspecified atom stereocenters. The minimum Gasteiger partial charge on any atom is -0.452 e. The predicted octanol–water partition coefficient (Wildman–Crippen LogP) is 6.03. The van der Waals surface area contributed by atoms with Gasteiger partial charge in [-0.15, -0.1) is 0 Å². The molecule has 4 heterocycles. The van der Waals surface area contributed by atoms with Gasteiger partial charge in [0, 0.05) is 41.3 Å². The second-order valence-corrected chi connectivity index (χ2v) is 10.3. The summed E-state index contributed by atoms with van der Waals surface area (Å²) in [6, 6.07) is 16.5. The maximum Gasteiger partial charge on any atom is 0.328 e. The fourth-order valence-electron chi connectivity index (χ4n) is 5.80. The van der Waals surface area contributed by atoms with Crippen molar-refractivity contribution in [1.29, 1.82) is 0 Å². The zero-order valence-corrected chi connectivity index (χ0v) is 22.0. The number of nitrogens with one attached hydrogen (secondary N) is 2. The molecule has 5 aromatic rings. The molecule has 9 nitrogen and oxygen atoms in total. The molecule has 0 radical (unpaired) electrons. The number of pyridine rings is 1. The number of aromatic amines is 1. The average Bonchev–Trinajstić information content (AvgIpc) is 3.31. The summed E-state index contributed by atoms with van der Waals surface area (Å²) in [6.45, 7) is 2.09. The second kappa shape index (κ2) is 9.95. The second-order valence-electron chi connectivity index (χ2n) is 10.3. The summed E-state index contributed by atoms with van der Waals surface area (Å²) < 4.78 is 30.8. The van der Waals surface area contributed by atoms with E-state index >= 15 is 4.39 Å². The molecule has 2 atom stereocenters. The summed E-state index contributed by atoms with van der Waals surface area (Å²) >= 11 is 0. The molecule has 10 heteroatoms. The van der Waals surface area contributed by atoms with E-state index in [0.29, 0.717) is 22.6 Å². The van der Waals surface area contributed by atoms with Crippen LogP contribution < -0.4 is 15.7 Å². The maximum absolute atomic E-state index is 15.2. The highest BCUT2D eigenvalue weighted by molar-refractivity contribution is 5.79. The lowest BCUT2D eigenvalue weighted by atomic mass is 10.1. The van der Waals surface area contributed by atoms with Crippen molar-refractivity contribution in [2.75, 3.05) is 5.32 Å². The van der Waals surface area contributed by atoms with Crippen molar-refractivity contribution in [3.63, 3.8) is 0 Å². The van der Waals surface area contributed by atoms with Crippen LogP contribution in [-0.2, 0) is 11.2 Å². The van der Waals surface area contributed by atoms with Gasteiger partial charge in [-0.2, -0.15) is 5.10 Å². The van der Waals surface area contributed by atoms with E-state index in [9.17, 15) is 4.79 Å². The lowest BCUT2D eigenvalue weighted by Gasteiger charge is -2.14. The molecule has 1 saturated heterocycles. The Morgan fingerprint density at radius 1 is 1.12 bits per heavy atom. The lowest BCUT2D eigenvalue weighted by Crippen LogP contribution is -2.20. The van der Waals surface area contributed by atoms with Crippen molar-refractivity contribution in [1.82, 2.24) is 24.3 Å². The Bertz CT molecular complexity index is 1740. The zero-order chi connectivity index (χ0) is 27.2. The first-order valence-electron chi connectivity index (χ1n) is 13.7. The van der Waals surface area contributed by atoms with Crippen LogP contribution in [0.2, 0.25) is 0 Å². The number of fused-ring (bicyclic) bond motifs is 1. The fraction of sp³-hybridized carbons (Fsp3) is 0.300. The monoisotopic (exact) mass is 540 g/mol. The number of rotatable bonds is 8. The van der Waals surface area contributed by atoms with Crippen molar-refractivity contribution in [3.05, 3.63) is 94.5 Å². The number of imidazole rings is 1. The van der Waals surface area contributed by atoms with Crippen LogP contribution in [0, 0.1) is 5.82 Å². The van der Waals surface area contributed by atoms with Gasteiger partial charge >= 0.3 is 5.69 Å². The minimum absolute atomic E-state index is 0.0651. The van der Waals surface area contributed by atoms with Crippen molar-refractivity contribution < 1.29 is 13.9 Å². The Hall–Kier alpha value is -4.44. The number of anilines is 1. The number of halogens is 1. The van der Waals surface area contributed by atoms with Gasteiger partial charge in [-0.3, -0.25) is 9.55 Å². The summed E-state index contributed by atoms with van der Waals surface area (Å²) in [7, 11) is 0. The number of ether oxygens (including phenoxy) is 2. The molecule has 1 aliphatic heterocycles. The van der Waals surface area contributed by atoms with Gasteiger partial charge in [0.2, 0.25) is 0 Å². The van der Waals surface area contributed by atoms with E-state index in [0.717, 1.165) is 49.0 Å². The van der Waals surface area contributed by atoms with Crippen molar-refractivity contribution in [2.45, 2.75) is 57.4 Å². The van der Waals surface area contributed by atoms with Crippen LogP contribution in [0.3, 0.4) is 0 Å². The van der Waals surface area contributed by atoms with Crippen LogP contribution in [0.5, 0.6) is 11.5 Å². The number of nitrogens with zero attached hydrogens (tertiary/aromatic N) is 4. The number of aromatic nitrogens is 5. The van der Waals surface area contributed by atoms with Gasteiger partial charge in [-0.1, -0.05) is 38.0 Å². The quantitative estimate of drug-likeness (QED) is 0.233. The molecule has 2 aliphatic rings. The van der Waals surface area contributed by atoms with Crippen LogP contribution in [0.25, 0.3) is 16.9 Å². The van der Waals surface area contributed by atoms with Gasteiger partial charge in [0.05, 0.1) is 11.9 Å². The molecular formula is C30H29FN6O3. The van der Waals surface area contributed by atoms with E-state index in [2.05, 4.69) is 27.3 Å². The molecule has 0 bridgehead atoms. The zero-order valence-electron chi connectivity index (χ0n) is 22.0. The SMILES string of the molecule is CCc1c(C2OC2Nc2ccc(Oc3ccnc4[nH]c(=O)n(C5CCCC5)c34)c(F)c2)cnn1-c1ccccc1. The summed E-state index contributed by atoms with van der Waals surface area (Å²) in [5.74, 6) is -0.0677. The van der Waals surface area contributed by atoms with Gasteiger partial charge in [-0.05, 0) is 43.5 Å². The average molecular weight is 541 g/mol. The number of benzene rings is 2. The first kappa shape index (κ1) is 24.6. The molecule has 1 aliphatic carbocycles. The Morgan fingerprint density at radius 3 is 2.73 bits per heavy atom. The van der Waals surface area contributed by atoms with E-state index in [1.165, 1.54) is 6.07 Å². The Morgan fingerprint density at radius 2 is 1.95 bits per heavy atom. The molecule has 204 valence electrons. The van der Waals surface area contributed by atoms with Crippen molar-refractivity contribution in [3.8, 4) is 17.2 Å². The summed E-state index contributed by atoms with van der Waals surface area (Å²) in [6.07, 6.45) is 7.73. The third-order valence-corrected chi connectivity index (χ3v) is 7.76. The Kier molecular flexibility index (Phi) is 6.11. The highest BCUT2D eigenvalue weighted by atomic mass is 19.1. The van der Waals surface area contributed by atoms with Crippen molar-refractivity contribution >= 4 is 16.9 Å². The van der Waals surface area contributed by atoms with Crippen LogP contribution in [0.1, 0.15) is 56.0 Å². The summed E-state index contributed by atoms with van der Waals surface area (Å²) in [4.78, 5) is 19.8. The van der Waals surface area contributed by atoms with E-state index in [1.807, 2.05) is 41.2 Å². The van der Waals surface area contributed by atoms with E-state index in [-0.39, 0.29) is 29.8 Å². The number of H-pyrrole nitrogens is 1. The number of hydrogen-bond acceptors (Lipinski definition) is 6. The number of hydrogen-bond donors (Lipinski definition) is 2. The topological polar surface area (TPSA) is 102 Å². The standard InChI is InChI=1S/C30H29FN6O3/c1-2-23-21(17-33-37(23)20-10-4-3-5-11-20)27-29(40-27)34-18-12-13-24(22(31)16-18)39-25-14-15-32-28-26(25)36(30(38)35-28)19-8-6-7-9-19/h3-5,10-17,19,27,29,34H,2,6-9H2,1H3,(H,32,35,38). The lowest BCUT2D eigenvalue weighted by molar-refractivity contribution is 0.385. The molecule has 40 heavy (non-hydrogen) atoms. The smallest absolute Gasteiger partial charge is 0.328 e. The fourth-order valence-corrected chi connectivity index (χ4v) is 5.80. The van der Waals surface area contributed by atoms with E-state index in [1.54, 1.807) is 29.0 Å². The highest BCUT2D eigenvalue weighted by Crippen LogP contribution is 2.42. The first-order valence-corrected chi connectivity index (χ1v) is 13.7. The predicted molar refractivity (Wildman–Crippen MR) is 149 cm³/mol. The van der Waals surface area contributed by atoms with Gasteiger partial charge in [0.1, 0.15) is 11.6 Å². The number of epoxide rings is 1. The van der Waals surface area contributed by atoms with Gasteiger partial charge in [0.25, 0.3) is 0 Å². The molecule has 2 N–H and O–H groups in total. The highest BCUT2D eigenvalue weighted by Gasteiger charge is 2.43. The van der Waals surface area contributed by atoms with E-state index in [4.69, 9.17) is 9.47 Å². The largest absolute Gasteiger partial charge is 0.452 e. The van der Waals surface area contributed by atoms with Gasteiger partial charge in [-0.25, -0.2) is 18.9 Å². The normalized spacial score (nSPS) is 18.9. The molecule has 0 spiro atoms. The third kappa shape index (κ3) is 4.34. The molecule has 3 aromatic heterocycles. The summed E-state index contributed by atoms with van der Waals surface area (Å²) in [5, 5.41) is 7.84. The Labute approximate surface area is 229 Å². The molecule has 1 saturated carbocycles. The summed E-state index contributed by atoms with van der Waals surface area (Å²) in [5.41, 5.74) is 4.47. The Balaban J connectivity index is 1.09. The molecule has 7 rings (SSSR count). The van der Waals surface area contributed by atoms with Gasteiger partial charge in [0.15, 0.2) is 29.2 Å². The van der Waals surface area contributed by atoms with E-state index < -0.39 is 5.82 Å². The molecular weight excluding hydrogens is 511 g/mol. The first-order chi connectivity index (χ1) is 19.6. The molecule has 0 amide bonds. The maximum atomic E-state index is 15.2. The third-order valence-electron chi connectivity index (χ3n) is 7.76. The van der Waals surface area contributed by atoms with Gasteiger partial charge < -0.3 is 14.8 Å². The molecule has 2 fully saturated rings. The van der Waals surface area contributed by atoms with Crippen molar-refractivity contribution in [2.24, 2.45) is 0 Å². The molecule has 2 aromatic carbocycles. The van der Waals surface area contributed by atoms with Crippen LogP contribution in [-0.4, -0.2) is 30.5 Å². The minimum atomic E-state index is -0.524. The van der Waals surface area contributed by atoms with Crippen LogP contribution >= 0.6 is 0 Å².